The number of likely N-dealkylation sites (tertiary alicyclic amines) is 1. The highest BCUT2D eigenvalue weighted by atomic mass is 32.2. The average Bonchev–Trinajstić information content (AvgIpc) is 3.05. The van der Waals surface area contributed by atoms with E-state index in [9.17, 15) is 9.59 Å². The largest absolute Gasteiger partial charge is 0.444 e. The fourth-order valence-electron chi connectivity index (χ4n) is 2.48. The van der Waals surface area contributed by atoms with Crippen molar-refractivity contribution in [1.82, 2.24) is 9.80 Å². The summed E-state index contributed by atoms with van der Waals surface area (Å²) < 4.78 is 5.36. The van der Waals surface area contributed by atoms with Crippen LogP contribution in [0.4, 0.5) is 4.79 Å². The van der Waals surface area contributed by atoms with Crippen LogP contribution >= 0.6 is 11.8 Å². The number of thioether (sulfide) groups is 1. The minimum atomic E-state index is -0.612. The minimum Gasteiger partial charge on any atom is -0.444 e. The maximum Gasteiger partial charge on any atom is 0.411 e. The predicted octanol–water partition coefficient (Wildman–Crippen LogP) is 1.67. The fourth-order valence-corrected chi connectivity index (χ4v) is 3.44. The lowest BCUT2D eigenvalue weighted by atomic mass is 10.1. The van der Waals surface area contributed by atoms with Crippen molar-refractivity contribution in [3.8, 4) is 6.07 Å². The summed E-state index contributed by atoms with van der Waals surface area (Å²) in [7, 11) is 0. The van der Waals surface area contributed by atoms with Gasteiger partial charge in [-0.25, -0.2) is 4.79 Å². The molecule has 2 amide bonds. The Morgan fingerprint density at radius 2 is 2.10 bits per heavy atom. The number of carbonyl (C=O) groups excluding carboxylic acids is 2. The smallest absolute Gasteiger partial charge is 0.411 e. The molecular formula is C14H21N3O3S. The first-order valence-electron chi connectivity index (χ1n) is 7.07. The van der Waals surface area contributed by atoms with E-state index in [1.54, 1.807) is 37.4 Å². The van der Waals surface area contributed by atoms with E-state index in [1.807, 2.05) is 0 Å². The molecule has 2 atom stereocenters. The molecule has 0 radical (unpaired) electrons. The van der Waals surface area contributed by atoms with Gasteiger partial charge in [-0.05, 0) is 27.2 Å². The van der Waals surface area contributed by atoms with Crippen molar-refractivity contribution in [3.05, 3.63) is 0 Å². The SMILES string of the molecule is CC(C)(C)OC(=O)N1CC(C#N)CC1C(=O)N1CCSC1. The van der Waals surface area contributed by atoms with Crippen LogP contribution in [-0.2, 0) is 9.53 Å². The van der Waals surface area contributed by atoms with Crippen molar-refractivity contribution < 1.29 is 14.3 Å². The molecule has 0 spiro atoms. The zero-order valence-corrected chi connectivity index (χ0v) is 13.5. The Hall–Kier alpha value is -1.42. The molecule has 2 unspecified atom stereocenters. The summed E-state index contributed by atoms with van der Waals surface area (Å²) in [6.07, 6.45) is -0.110. The Bertz CT molecular complexity index is 463. The summed E-state index contributed by atoms with van der Waals surface area (Å²) in [5.41, 5.74) is -0.612. The first-order valence-corrected chi connectivity index (χ1v) is 8.23. The summed E-state index contributed by atoms with van der Waals surface area (Å²) in [4.78, 5) is 28.0. The molecule has 2 saturated heterocycles. The van der Waals surface area contributed by atoms with Crippen LogP contribution in [0.25, 0.3) is 0 Å². The van der Waals surface area contributed by atoms with E-state index < -0.39 is 17.7 Å². The molecule has 2 aliphatic heterocycles. The molecule has 21 heavy (non-hydrogen) atoms. The molecule has 7 heteroatoms. The number of nitriles is 1. The van der Waals surface area contributed by atoms with Crippen LogP contribution in [0.1, 0.15) is 27.2 Å². The van der Waals surface area contributed by atoms with Crippen molar-refractivity contribution in [2.24, 2.45) is 5.92 Å². The van der Waals surface area contributed by atoms with Gasteiger partial charge in [0.05, 0.1) is 17.9 Å². The van der Waals surface area contributed by atoms with Gasteiger partial charge in [0.25, 0.3) is 0 Å². The van der Waals surface area contributed by atoms with E-state index in [1.165, 1.54) is 4.90 Å². The Kier molecular flexibility index (Phi) is 4.67. The second kappa shape index (κ2) is 6.14. The van der Waals surface area contributed by atoms with Crippen LogP contribution in [0.15, 0.2) is 0 Å². The summed E-state index contributed by atoms with van der Waals surface area (Å²) >= 11 is 1.70. The van der Waals surface area contributed by atoms with Gasteiger partial charge in [-0.1, -0.05) is 0 Å². The highest BCUT2D eigenvalue weighted by molar-refractivity contribution is 7.99. The van der Waals surface area contributed by atoms with Crippen LogP contribution in [0.5, 0.6) is 0 Å². The van der Waals surface area contributed by atoms with E-state index in [4.69, 9.17) is 10.00 Å². The minimum absolute atomic E-state index is 0.0661. The van der Waals surface area contributed by atoms with E-state index >= 15 is 0 Å². The van der Waals surface area contributed by atoms with Gasteiger partial charge >= 0.3 is 6.09 Å². The van der Waals surface area contributed by atoms with Crippen molar-refractivity contribution in [3.63, 3.8) is 0 Å². The third-order valence-corrected chi connectivity index (χ3v) is 4.43. The lowest BCUT2D eigenvalue weighted by molar-refractivity contribution is -0.134. The first kappa shape index (κ1) is 16.0. The van der Waals surface area contributed by atoms with Gasteiger partial charge in [0.1, 0.15) is 11.6 Å². The van der Waals surface area contributed by atoms with Gasteiger partial charge in [0.2, 0.25) is 5.91 Å². The van der Waals surface area contributed by atoms with Crippen molar-refractivity contribution in [2.75, 3.05) is 24.7 Å². The third kappa shape index (κ3) is 3.82. The molecule has 6 nitrogen and oxygen atoms in total. The Morgan fingerprint density at radius 3 is 2.62 bits per heavy atom. The second-order valence-corrected chi connectivity index (χ2v) is 7.42. The maximum atomic E-state index is 12.5. The van der Waals surface area contributed by atoms with Gasteiger partial charge in [-0.3, -0.25) is 9.69 Å². The predicted molar refractivity (Wildman–Crippen MR) is 79.5 cm³/mol. The number of amides is 2. The normalized spacial score (nSPS) is 25.8. The number of hydrogen-bond donors (Lipinski definition) is 0. The number of ether oxygens (including phenoxy) is 1. The molecule has 0 bridgehead atoms. The van der Waals surface area contributed by atoms with Gasteiger partial charge in [0.15, 0.2) is 0 Å². The number of rotatable bonds is 1. The average molecular weight is 311 g/mol. The number of carbonyl (C=O) groups is 2. The molecule has 0 aromatic heterocycles. The summed E-state index contributed by atoms with van der Waals surface area (Å²) in [5.74, 6) is 1.21. The lowest BCUT2D eigenvalue weighted by Gasteiger charge is -2.29. The highest BCUT2D eigenvalue weighted by Gasteiger charge is 2.43. The number of hydrogen-bond acceptors (Lipinski definition) is 5. The summed E-state index contributed by atoms with van der Waals surface area (Å²) in [6.45, 7) is 6.34. The first-order chi connectivity index (χ1) is 9.81. The fraction of sp³-hybridized carbons (Fsp3) is 0.786. The molecule has 0 aliphatic carbocycles. The van der Waals surface area contributed by atoms with Crippen molar-refractivity contribution in [2.45, 2.75) is 38.8 Å². The summed E-state index contributed by atoms with van der Waals surface area (Å²) in [6, 6.07) is 1.60. The van der Waals surface area contributed by atoms with E-state index in [-0.39, 0.29) is 18.4 Å². The van der Waals surface area contributed by atoms with Crippen LogP contribution in [0, 0.1) is 17.2 Å². The number of nitrogens with zero attached hydrogens (tertiary/aromatic N) is 3. The molecule has 0 N–H and O–H groups in total. The molecular weight excluding hydrogens is 290 g/mol. The van der Waals surface area contributed by atoms with E-state index in [0.29, 0.717) is 18.8 Å². The molecule has 2 rings (SSSR count). The second-order valence-electron chi connectivity index (χ2n) is 6.35. The Balaban J connectivity index is 2.11. The van der Waals surface area contributed by atoms with E-state index in [0.717, 1.165) is 5.75 Å². The van der Waals surface area contributed by atoms with Crippen LogP contribution < -0.4 is 0 Å². The standard InChI is InChI=1S/C14H21N3O3S/c1-14(2,3)20-13(19)17-8-10(7-15)6-11(17)12(18)16-4-5-21-9-16/h10-11H,4-6,8-9H2,1-3H3. The monoisotopic (exact) mass is 311 g/mol. The molecule has 0 aromatic carbocycles. The zero-order chi connectivity index (χ0) is 15.6. The van der Waals surface area contributed by atoms with Gasteiger partial charge in [-0.2, -0.15) is 5.26 Å². The molecule has 0 aromatic rings. The van der Waals surface area contributed by atoms with Crippen molar-refractivity contribution in [1.29, 1.82) is 5.26 Å². The molecule has 2 aliphatic rings. The Morgan fingerprint density at radius 1 is 1.38 bits per heavy atom. The van der Waals surface area contributed by atoms with Crippen molar-refractivity contribution >= 4 is 23.8 Å². The lowest BCUT2D eigenvalue weighted by Crippen LogP contribution is -2.48. The Labute approximate surface area is 129 Å². The molecule has 116 valence electrons. The summed E-state index contributed by atoms with van der Waals surface area (Å²) in [5, 5.41) is 9.11. The van der Waals surface area contributed by atoms with Gasteiger partial charge in [0, 0.05) is 18.8 Å². The molecule has 2 fully saturated rings. The highest BCUT2D eigenvalue weighted by Crippen LogP contribution is 2.28. The molecule has 0 saturated carbocycles. The van der Waals surface area contributed by atoms with Crippen LogP contribution in [0.2, 0.25) is 0 Å². The van der Waals surface area contributed by atoms with Gasteiger partial charge < -0.3 is 9.64 Å². The van der Waals surface area contributed by atoms with E-state index in [2.05, 4.69) is 6.07 Å². The topological polar surface area (TPSA) is 73.6 Å². The van der Waals surface area contributed by atoms with Crippen LogP contribution in [0.3, 0.4) is 0 Å². The quantitative estimate of drug-likeness (QED) is 0.736. The van der Waals surface area contributed by atoms with Gasteiger partial charge in [-0.15, -0.1) is 11.8 Å². The zero-order valence-electron chi connectivity index (χ0n) is 12.7. The van der Waals surface area contributed by atoms with Crippen LogP contribution in [-0.4, -0.2) is 58.2 Å². The third-order valence-electron chi connectivity index (χ3n) is 3.46. The molecule has 2 heterocycles. The maximum absolute atomic E-state index is 12.5.